The molecule has 0 radical (unpaired) electrons. The fourth-order valence-electron chi connectivity index (χ4n) is 2.44. The van der Waals surface area contributed by atoms with E-state index in [0.29, 0.717) is 12.3 Å². The molecule has 1 rings (SSSR count). The molecule has 0 unspecified atom stereocenters. The van der Waals surface area contributed by atoms with E-state index >= 15 is 0 Å². The van der Waals surface area contributed by atoms with Crippen molar-refractivity contribution in [1.82, 2.24) is 10.6 Å². The highest BCUT2D eigenvalue weighted by Gasteiger charge is 2.22. The molecule has 0 spiro atoms. The summed E-state index contributed by atoms with van der Waals surface area (Å²) in [4.78, 5) is 24.1. The van der Waals surface area contributed by atoms with Crippen LogP contribution >= 0.6 is 0 Å². The summed E-state index contributed by atoms with van der Waals surface area (Å²) in [5.74, 6) is 0.741. The predicted octanol–water partition coefficient (Wildman–Crippen LogP) is 3.18. The molecule has 0 heterocycles. The number of hydrogen-bond acceptors (Lipinski definition) is 3. The summed E-state index contributed by atoms with van der Waals surface area (Å²) in [5.41, 5.74) is 0.227. The fraction of sp³-hybridized carbons (Fsp3) is 0.500. The highest BCUT2D eigenvalue weighted by atomic mass is 19.1. The number of unbranched alkanes of at least 4 members (excludes halogenated alkanes) is 1. The molecule has 0 aliphatic rings. The number of carbonyl (C=O) groups is 2. The SMILES string of the molecule is C#CCNC(=O)[C@H](Cc1cc(F)cc(F)c1)NC(=O)OCCCCC(C)C. The van der Waals surface area contributed by atoms with Gasteiger partial charge in [-0.25, -0.2) is 13.6 Å². The number of terminal acetylenes is 1. The van der Waals surface area contributed by atoms with E-state index in [-0.39, 0.29) is 25.1 Å². The number of ether oxygens (including phenoxy) is 1. The van der Waals surface area contributed by atoms with Crippen LogP contribution in [0.15, 0.2) is 18.2 Å². The Morgan fingerprint density at radius 3 is 2.44 bits per heavy atom. The third-order valence-electron chi connectivity index (χ3n) is 3.74. The summed E-state index contributed by atoms with van der Waals surface area (Å²) in [5, 5.41) is 4.87. The third kappa shape index (κ3) is 9.59. The van der Waals surface area contributed by atoms with Gasteiger partial charge >= 0.3 is 6.09 Å². The van der Waals surface area contributed by atoms with Gasteiger partial charge in [0.25, 0.3) is 0 Å². The predicted molar refractivity (Wildman–Crippen MR) is 98.9 cm³/mol. The Labute approximate surface area is 158 Å². The first-order chi connectivity index (χ1) is 12.8. The molecule has 1 atom stereocenters. The lowest BCUT2D eigenvalue weighted by atomic mass is 10.0. The molecule has 0 saturated heterocycles. The van der Waals surface area contributed by atoms with Gasteiger partial charge in [-0.3, -0.25) is 4.79 Å². The van der Waals surface area contributed by atoms with Gasteiger partial charge < -0.3 is 15.4 Å². The average molecular weight is 380 g/mol. The van der Waals surface area contributed by atoms with Crippen molar-refractivity contribution in [2.24, 2.45) is 5.92 Å². The van der Waals surface area contributed by atoms with Crippen molar-refractivity contribution in [3.8, 4) is 12.3 Å². The van der Waals surface area contributed by atoms with E-state index in [1.54, 1.807) is 0 Å². The highest BCUT2D eigenvalue weighted by Crippen LogP contribution is 2.11. The summed E-state index contributed by atoms with van der Waals surface area (Å²) in [6.07, 6.45) is 6.92. The Bertz CT molecular complexity index is 651. The van der Waals surface area contributed by atoms with Crippen LogP contribution in [0.3, 0.4) is 0 Å². The summed E-state index contributed by atoms with van der Waals surface area (Å²) in [6.45, 7) is 4.43. The van der Waals surface area contributed by atoms with Gasteiger partial charge in [0, 0.05) is 12.5 Å². The van der Waals surface area contributed by atoms with E-state index in [4.69, 9.17) is 11.2 Å². The van der Waals surface area contributed by atoms with Crippen LogP contribution in [-0.4, -0.2) is 31.2 Å². The Hall–Kier alpha value is -2.62. The molecule has 2 N–H and O–H groups in total. The highest BCUT2D eigenvalue weighted by molar-refractivity contribution is 5.86. The van der Waals surface area contributed by atoms with Crippen molar-refractivity contribution < 1.29 is 23.1 Å². The van der Waals surface area contributed by atoms with Gasteiger partial charge in [0.05, 0.1) is 13.2 Å². The van der Waals surface area contributed by atoms with Crippen molar-refractivity contribution >= 4 is 12.0 Å². The summed E-state index contributed by atoms with van der Waals surface area (Å²) in [6, 6.07) is 1.87. The number of benzene rings is 1. The molecule has 0 aliphatic heterocycles. The van der Waals surface area contributed by atoms with Crippen LogP contribution in [0.5, 0.6) is 0 Å². The van der Waals surface area contributed by atoms with Crippen LogP contribution in [0.1, 0.15) is 38.7 Å². The number of rotatable bonds is 10. The molecule has 5 nitrogen and oxygen atoms in total. The smallest absolute Gasteiger partial charge is 0.407 e. The zero-order valence-corrected chi connectivity index (χ0v) is 15.7. The van der Waals surface area contributed by atoms with Crippen LogP contribution in [0.4, 0.5) is 13.6 Å². The zero-order valence-electron chi connectivity index (χ0n) is 15.7. The van der Waals surface area contributed by atoms with E-state index in [0.717, 1.165) is 31.0 Å². The maximum absolute atomic E-state index is 13.4. The molecule has 0 fully saturated rings. The Morgan fingerprint density at radius 2 is 1.85 bits per heavy atom. The molecule has 2 amide bonds. The number of halogens is 2. The molecule has 0 aromatic heterocycles. The molecular weight excluding hydrogens is 354 g/mol. The topological polar surface area (TPSA) is 67.4 Å². The first-order valence-electron chi connectivity index (χ1n) is 8.91. The molecule has 1 aromatic carbocycles. The molecule has 27 heavy (non-hydrogen) atoms. The molecule has 148 valence electrons. The van der Waals surface area contributed by atoms with E-state index in [1.807, 2.05) is 0 Å². The minimum atomic E-state index is -1.07. The lowest BCUT2D eigenvalue weighted by molar-refractivity contribution is -0.122. The van der Waals surface area contributed by atoms with E-state index in [2.05, 4.69) is 30.4 Å². The second kappa shape index (κ2) is 11.9. The molecular formula is C20H26F2N2O3. The number of amides is 2. The van der Waals surface area contributed by atoms with Crippen LogP contribution in [-0.2, 0) is 16.0 Å². The van der Waals surface area contributed by atoms with Crippen molar-refractivity contribution in [3.05, 3.63) is 35.4 Å². The summed E-state index contributed by atoms with van der Waals surface area (Å²) < 4.78 is 31.8. The first kappa shape index (κ1) is 22.4. The van der Waals surface area contributed by atoms with Crippen molar-refractivity contribution in [3.63, 3.8) is 0 Å². The van der Waals surface area contributed by atoms with Gasteiger partial charge in [-0.15, -0.1) is 6.42 Å². The minimum Gasteiger partial charge on any atom is -0.450 e. The van der Waals surface area contributed by atoms with Gasteiger partial charge in [-0.05, 0) is 36.5 Å². The van der Waals surface area contributed by atoms with Crippen LogP contribution in [0, 0.1) is 29.9 Å². The average Bonchev–Trinajstić information content (AvgIpc) is 2.57. The van der Waals surface area contributed by atoms with E-state index in [9.17, 15) is 18.4 Å². The number of nitrogens with one attached hydrogen (secondary N) is 2. The first-order valence-corrected chi connectivity index (χ1v) is 8.91. The number of hydrogen-bond donors (Lipinski definition) is 2. The lowest BCUT2D eigenvalue weighted by Crippen LogP contribution is -2.48. The maximum atomic E-state index is 13.4. The Kier molecular flexibility index (Phi) is 9.88. The fourth-order valence-corrected chi connectivity index (χ4v) is 2.44. The second-order valence-electron chi connectivity index (χ2n) is 6.63. The minimum absolute atomic E-state index is 0.0290. The van der Waals surface area contributed by atoms with Gasteiger partial charge in [0.15, 0.2) is 0 Å². The van der Waals surface area contributed by atoms with Crippen molar-refractivity contribution in [2.75, 3.05) is 13.2 Å². The zero-order chi connectivity index (χ0) is 20.2. The number of carbonyl (C=O) groups excluding carboxylic acids is 2. The van der Waals surface area contributed by atoms with Crippen molar-refractivity contribution in [2.45, 2.75) is 45.6 Å². The molecule has 1 aromatic rings. The molecule has 0 saturated carbocycles. The summed E-state index contributed by atoms with van der Waals surface area (Å²) in [7, 11) is 0. The molecule has 0 aliphatic carbocycles. The van der Waals surface area contributed by atoms with Crippen LogP contribution < -0.4 is 10.6 Å². The maximum Gasteiger partial charge on any atom is 0.407 e. The second-order valence-corrected chi connectivity index (χ2v) is 6.63. The van der Waals surface area contributed by atoms with E-state index in [1.165, 1.54) is 0 Å². The molecule has 7 heteroatoms. The Morgan fingerprint density at radius 1 is 1.19 bits per heavy atom. The Balaban J connectivity index is 2.64. The van der Waals surface area contributed by atoms with Gasteiger partial charge in [0.2, 0.25) is 5.91 Å². The lowest BCUT2D eigenvalue weighted by Gasteiger charge is -2.18. The van der Waals surface area contributed by atoms with Gasteiger partial charge in [0.1, 0.15) is 17.7 Å². The largest absolute Gasteiger partial charge is 0.450 e. The normalized spacial score (nSPS) is 11.6. The monoisotopic (exact) mass is 380 g/mol. The van der Waals surface area contributed by atoms with Gasteiger partial charge in [-0.2, -0.15) is 0 Å². The quantitative estimate of drug-likeness (QED) is 0.484. The van der Waals surface area contributed by atoms with Crippen LogP contribution in [0.2, 0.25) is 0 Å². The standard InChI is InChI=1S/C20H26F2N2O3/c1-4-8-23-19(25)18(12-15-10-16(21)13-17(22)11-15)24-20(26)27-9-6-5-7-14(2)3/h1,10-11,13-14,18H,5-9,12H2,2-3H3,(H,23,25)(H,24,26)/t18-/m0/s1. The van der Waals surface area contributed by atoms with Crippen molar-refractivity contribution in [1.29, 1.82) is 0 Å². The third-order valence-corrected chi connectivity index (χ3v) is 3.74. The van der Waals surface area contributed by atoms with E-state index < -0.39 is 29.7 Å². The van der Waals surface area contributed by atoms with Gasteiger partial charge in [-0.1, -0.05) is 26.2 Å². The molecule has 0 bridgehead atoms. The summed E-state index contributed by atoms with van der Waals surface area (Å²) >= 11 is 0. The van der Waals surface area contributed by atoms with Crippen LogP contribution in [0.25, 0.3) is 0 Å². The number of alkyl carbamates (subject to hydrolysis) is 1.